The van der Waals surface area contributed by atoms with Crippen molar-refractivity contribution in [3.05, 3.63) is 29.8 Å². The fraction of sp³-hybridized carbons (Fsp3) is 0.650. The highest BCUT2D eigenvalue weighted by atomic mass is 32.2. The Hall–Kier alpha value is -1.24. The average Bonchev–Trinajstić information content (AvgIpc) is 3.17. The van der Waals surface area contributed by atoms with Gasteiger partial charge in [0.1, 0.15) is 6.10 Å². The Kier molecular flexibility index (Phi) is 5.72. The minimum Gasteiger partial charge on any atom is -0.442 e. The molecule has 0 bridgehead atoms. The number of likely N-dealkylation sites (tertiary alicyclic amines) is 2. The Bertz CT molecular complexity index is 635. The molecule has 0 N–H and O–H groups in total. The summed E-state index contributed by atoms with van der Waals surface area (Å²) in [6.45, 7) is 6.83. The van der Waals surface area contributed by atoms with Crippen LogP contribution in [0.2, 0.25) is 0 Å². The van der Waals surface area contributed by atoms with Gasteiger partial charge in [0.05, 0.1) is 6.04 Å². The van der Waals surface area contributed by atoms with Crippen molar-refractivity contribution in [1.29, 1.82) is 0 Å². The highest BCUT2D eigenvalue weighted by Crippen LogP contribution is 2.28. The van der Waals surface area contributed by atoms with E-state index in [2.05, 4.69) is 40.3 Å². The van der Waals surface area contributed by atoms with Crippen LogP contribution >= 0.6 is 11.8 Å². The second-order valence-corrected chi connectivity index (χ2v) is 8.51. The zero-order valence-corrected chi connectivity index (χ0v) is 16.4. The summed E-state index contributed by atoms with van der Waals surface area (Å²) in [7, 11) is 0. The van der Waals surface area contributed by atoms with Crippen molar-refractivity contribution < 1.29 is 9.53 Å². The number of nitrogens with zero attached hydrogens (tertiary/aromatic N) is 3. The van der Waals surface area contributed by atoms with Crippen molar-refractivity contribution in [3.8, 4) is 0 Å². The number of fused-ring (bicyclic) bond motifs is 1. The Morgan fingerprint density at radius 2 is 1.96 bits per heavy atom. The lowest BCUT2D eigenvalue weighted by molar-refractivity contribution is 0.117. The molecule has 1 amide bonds. The molecule has 1 aromatic carbocycles. The quantitative estimate of drug-likeness (QED) is 0.715. The molecule has 3 aliphatic rings. The largest absolute Gasteiger partial charge is 0.442 e. The first-order valence-electron chi connectivity index (χ1n) is 9.78. The molecule has 0 saturated carbocycles. The van der Waals surface area contributed by atoms with Crippen molar-refractivity contribution in [2.75, 3.05) is 45.5 Å². The molecule has 0 aliphatic carbocycles. The molecule has 3 heterocycles. The van der Waals surface area contributed by atoms with Gasteiger partial charge in [0.25, 0.3) is 0 Å². The lowest BCUT2D eigenvalue weighted by Crippen LogP contribution is -2.43. The van der Waals surface area contributed by atoms with Crippen molar-refractivity contribution in [2.45, 2.75) is 42.8 Å². The van der Waals surface area contributed by atoms with E-state index >= 15 is 0 Å². The smallest absolute Gasteiger partial charge is 0.410 e. The summed E-state index contributed by atoms with van der Waals surface area (Å²) in [6, 6.07) is 8.95. The number of carbonyl (C=O) groups excluding carboxylic acids is 1. The molecule has 4 rings (SSSR count). The van der Waals surface area contributed by atoms with Crippen LogP contribution in [0.3, 0.4) is 0 Å². The minimum atomic E-state index is -0.110. The summed E-state index contributed by atoms with van der Waals surface area (Å²) in [4.78, 5) is 20.5. The van der Waals surface area contributed by atoms with Crippen LogP contribution in [0.15, 0.2) is 29.2 Å². The third-order valence-corrected chi connectivity index (χ3v) is 6.57. The molecule has 0 radical (unpaired) electrons. The van der Waals surface area contributed by atoms with Crippen LogP contribution in [-0.4, -0.2) is 78.5 Å². The molecule has 3 aliphatic heterocycles. The highest BCUT2D eigenvalue weighted by Gasteiger charge is 2.47. The van der Waals surface area contributed by atoms with Gasteiger partial charge >= 0.3 is 6.09 Å². The van der Waals surface area contributed by atoms with E-state index in [9.17, 15) is 4.79 Å². The Balaban J connectivity index is 1.33. The monoisotopic (exact) mass is 375 g/mol. The Labute approximate surface area is 160 Å². The summed E-state index contributed by atoms with van der Waals surface area (Å²) < 4.78 is 5.67. The van der Waals surface area contributed by atoms with Gasteiger partial charge in [-0.15, -0.1) is 11.8 Å². The molecule has 6 heteroatoms. The number of hydrogen-bond donors (Lipinski definition) is 0. The molecule has 0 aromatic heterocycles. The van der Waals surface area contributed by atoms with E-state index in [1.807, 2.05) is 4.90 Å². The lowest BCUT2D eigenvalue weighted by Gasteiger charge is -2.29. The standard InChI is InChI=1S/C20H29N3O2S/c1-26-17-7-5-6-16(12-17)13-22-14-18-19(15-22)25-20(24)23(18)11-10-21-8-3-2-4-9-21/h5-7,12,18-19H,2-4,8-11,13-15H2,1H3/t18-,19+/m0/s1. The predicted molar refractivity (Wildman–Crippen MR) is 105 cm³/mol. The van der Waals surface area contributed by atoms with Crippen molar-refractivity contribution in [3.63, 3.8) is 0 Å². The fourth-order valence-electron chi connectivity index (χ4n) is 4.43. The van der Waals surface area contributed by atoms with Gasteiger partial charge < -0.3 is 9.64 Å². The maximum Gasteiger partial charge on any atom is 0.410 e. The Morgan fingerprint density at radius 3 is 2.77 bits per heavy atom. The zero-order chi connectivity index (χ0) is 17.9. The van der Waals surface area contributed by atoms with Crippen LogP contribution in [0.1, 0.15) is 24.8 Å². The predicted octanol–water partition coefficient (Wildman–Crippen LogP) is 2.90. The van der Waals surface area contributed by atoms with Crippen molar-refractivity contribution in [1.82, 2.24) is 14.7 Å². The van der Waals surface area contributed by atoms with E-state index in [1.54, 1.807) is 11.8 Å². The van der Waals surface area contributed by atoms with Crippen molar-refractivity contribution >= 4 is 17.9 Å². The first-order chi connectivity index (χ1) is 12.7. The summed E-state index contributed by atoms with van der Waals surface area (Å²) in [5.74, 6) is 0. The molecular weight excluding hydrogens is 346 g/mol. The third kappa shape index (κ3) is 4.02. The average molecular weight is 376 g/mol. The van der Waals surface area contributed by atoms with Crippen molar-refractivity contribution in [2.24, 2.45) is 0 Å². The molecule has 5 nitrogen and oxygen atoms in total. The number of amides is 1. The molecule has 3 saturated heterocycles. The van der Waals surface area contributed by atoms with E-state index in [-0.39, 0.29) is 18.2 Å². The van der Waals surface area contributed by atoms with Gasteiger partial charge in [-0.25, -0.2) is 4.79 Å². The molecule has 1 aromatic rings. The van der Waals surface area contributed by atoms with Gasteiger partial charge in [-0.05, 0) is 49.9 Å². The van der Waals surface area contributed by atoms with Crippen LogP contribution in [0.4, 0.5) is 4.79 Å². The first-order valence-corrected chi connectivity index (χ1v) is 11.0. The maximum atomic E-state index is 12.3. The van der Waals surface area contributed by atoms with Crippen LogP contribution in [0.25, 0.3) is 0 Å². The number of rotatable bonds is 6. The summed E-state index contributed by atoms with van der Waals surface area (Å²) in [5.41, 5.74) is 1.34. The van der Waals surface area contributed by atoms with Gasteiger partial charge in [0.15, 0.2) is 0 Å². The van der Waals surface area contributed by atoms with Gasteiger partial charge in [-0.1, -0.05) is 18.6 Å². The molecule has 3 fully saturated rings. The number of benzene rings is 1. The minimum absolute atomic E-state index is 0.0348. The molecule has 0 unspecified atom stereocenters. The second-order valence-electron chi connectivity index (χ2n) is 7.63. The number of thioether (sulfide) groups is 1. The van der Waals surface area contributed by atoms with E-state index in [0.717, 1.165) is 32.7 Å². The Morgan fingerprint density at radius 1 is 1.12 bits per heavy atom. The summed E-state index contributed by atoms with van der Waals surface area (Å²) in [5, 5.41) is 0. The zero-order valence-electron chi connectivity index (χ0n) is 15.6. The topological polar surface area (TPSA) is 36.0 Å². The third-order valence-electron chi connectivity index (χ3n) is 5.85. The van der Waals surface area contributed by atoms with E-state index in [1.165, 1.54) is 42.8 Å². The SMILES string of the molecule is CSc1cccc(CN2C[C@H]3OC(=O)N(CCN4CCCCC4)[C@H]3C2)c1. The van der Waals surface area contributed by atoms with E-state index in [4.69, 9.17) is 4.74 Å². The van der Waals surface area contributed by atoms with Crippen LogP contribution in [-0.2, 0) is 11.3 Å². The molecule has 0 spiro atoms. The lowest BCUT2D eigenvalue weighted by atomic mass is 10.1. The fourth-order valence-corrected chi connectivity index (χ4v) is 4.91. The molecule has 2 atom stereocenters. The number of carbonyl (C=O) groups is 1. The maximum absolute atomic E-state index is 12.3. The molecule has 26 heavy (non-hydrogen) atoms. The van der Waals surface area contributed by atoms with Gasteiger partial charge in [-0.2, -0.15) is 0 Å². The normalized spacial score (nSPS) is 27.0. The highest BCUT2D eigenvalue weighted by molar-refractivity contribution is 7.98. The molecular formula is C20H29N3O2S. The number of hydrogen-bond acceptors (Lipinski definition) is 5. The summed E-state index contributed by atoms with van der Waals surface area (Å²) in [6.07, 6.45) is 5.96. The van der Waals surface area contributed by atoms with Gasteiger partial charge in [0, 0.05) is 37.6 Å². The molecule has 142 valence electrons. The van der Waals surface area contributed by atoms with Gasteiger partial charge in [0.2, 0.25) is 0 Å². The van der Waals surface area contributed by atoms with Crippen LogP contribution in [0.5, 0.6) is 0 Å². The van der Waals surface area contributed by atoms with E-state index in [0.29, 0.717) is 0 Å². The summed E-state index contributed by atoms with van der Waals surface area (Å²) >= 11 is 1.78. The number of ether oxygens (including phenoxy) is 1. The van der Waals surface area contributed by atoms with E-state index < -0.39 is 0 Å². The van der Waals surface area contributed by atoms with Crippen LogP contribution < -0.4 is 0 Å². The first kappa shape index (κ1) is 18.1. The van der Waals surface area contributed by atoms with Gasteiger partial charge in [-0.3, -0.25) is 9.80 Å². The second kappa shape index (κ2) is 8.19. The number of piperidine rings is 1. The van der Waals surface area contributed by atoms with Crippen LogP contribution in [0, 0.1) is 0 Å².